The molecule has 0 aliphatic carbocycles. The fourth-order valence-corrected chi connectivity index (χ4v) is 4.67. The van der Waals surface area contributed by atoms with Gasteiger partial charge in [-0.2, -0.15) is 0 Å². The van der Waals surface area contributed by atoms with Gasteiger partial charge in [0.1, 0.15) is 0 Å². The molecular weight excluding hydrogens is 426 g/mol. The first-order chi connectivity index (χ1) is 16.7. The Kier molecular flexibility index (Phi) is 6.58. The number of hydrogen-bond acceptors (Lipinski definition) is 4. The number of benzene rings is 3. The first kappa shape index (κ1) is 22.2. The fraction of sp³-hybridized carbons (Fsp3) is 0.286. The second kappa shape index (κ2) is 10.1. The van der Waals surface area contributed by atoms with Crippen molar-refractivity contribution in [3.05, 3.63) is 94.5 Å². The van der Waals surface area contributed by atoms with Crippen molar-refractivity contribution >= 4 is 17.0 Å². The molecule has 0 radical (unpaired) electrons. The highest BCUT2D eigenvalue weighted by Crippen LogP contribution is 2.25. The minimum atomic E-state index is -0.437. The van der Waals surface area contributed by atoms with Crippen LogP contribution in [0.15, 0.2) is 82.0 Å². The van der Waals surface area contributed by atoms with Gasteiger partial charge in [0.15, 0.2) is 5.58 Å². The molecule has 0 atom stereocenters. The maximum Gasteiger partial charge on any atom is 0.419 e. The van der Waals surface area contributed by atoms with Crippen molar-refractivity contribution < 1.29 is 9.21 Å². The van der Waals surface area contributed by atoms with Gasteiger partial charge in [-0.15, -0.1) is 0 Å². The van der Waals surface area contributed by atoms with Gasteiger partial charge in [0, 0.05) is 26.1 Å². The van der Waals surface area contributed by atoms with Crippen molar-refractivity contribution in [2.24, 2.45) is 0 Å². The van der Waals surface area contributed by atoms with E-state index < -0.39 is 5.76 Å². The average Bonchev–Trinajstić information content (AvgIpc) is 3.49. The molecular formula is C28H29N3O3. The van der Waals surface area contributed by atoms with Crippen LogP contribution in [0, 0.1) is 0 Å². The normalized spacial score (nSPS) is 14.0. The predicted octanol–water partition coefficient (Wildman–Crippen LogP) is 4.56. The summed E-state index contributed by atoms with van der Waals surface area (Å²) < 4.78 is 6.75. The summed E-state index contributed by atoms with van der Waals surface area (Å²) in [6.45, 7) is 4.10. The van der Waals surface area contributed by atoms with Crippen molar-refractivity contribution in [1.82, 2.24) is 14.8 Å². The Hall–Kier alpha value is -3.64. The number of likely N-dealkylation sites (tertiary alicyclic amines) is 1. The van der Waals surface area contributed by atoms with E-state index in [2.05, 4.69) is 40.5 Å². The molecule has 0 saturated carbocycles. The van der Waals surface area contributed by atoms with E-state index in [9.17, 15) is 9.59 Å². The lowest BCUT2D eigenvalue weighted by atomic mass is 9.98. The molecule has 4 aromatic rings. The van der Waals surface area contributed by atoms with Crippen LogP contribution in [-0.4, -0.2) is 28.5 Å². The van der Waals surface area contributed by atoms with Gasteiger partial charge in [-0.05, 0) is 60.3 Å². The number of aromatic nitrogens is 1. The largest absolute Gasteiger partial charge is 0.419 e. The molecule has 6 nitrogen and oxygen atoms in total. The van der Waals surface area contributed by atoms with Crippen LogP contribution in [0.4, 0.5) is 0 Å². The SMILES string of the molecule is O=C(CCn1c(=O)oc2ccccc21)NCc1ccccc1-c1ccc(CN2CCCC2)cc1. The molecule has 0 bridgehead atoms. The Morgan fingerprint density at radius 2 is 1.65 bits per heavy atom. The van der Waals surface area contributed by atoms with Gasteiger partial charge in [-0.1, -0.05) is 60.7 Å². The number of aryl methyl sites for hydroxylation is 1. The van der Waals surface area contributed by atoms with Crippen molar-refractivity contribution in [3.63, 3.8) is 0 Å². The van der Waals surface area contributed by atoms with Gasteiger partial charge in [0.05, 0.1) is 5.52 Å². The Morgan fingerprint density at radius 3 is 2.47 bits per heavy atom. The summed E-state index contributed by atoms with van der Waals surface area (Å²) in [7, 11) is 0. The number of rotatable bonds is 8. The summed E-state index contributed by atoms with van der Waals surface area (Å²) >= 11 is 0. The van der Waals surface area contributed by atoms with E-state index in [1.807, 2.05) is 36.4 Å². The molecule has 174 valence electrons. The van der Waals surface area contributed by atoms with Crippen molar-refractivity contribution in [2.45, 2.75) is 38.9 Å². The number of carbonyl (C=O) groups is 1. The summed E-state index contributed by atoms with van der Waals surface area (Å²) in [5, 5.41) is 3.01. The highest BCUT2D eigenvalue weighted by molar-refractivity contribution is 5.77. The number of para-hydroxylation sites is 2. The van der Waals surface area contributed by atoms with Crippen LogP contribution < -0.4 is 11.1 Å². The molecule has 1 aliphatic heterocycles. The third-order valence-corrected chi connectivity index (χ3v) is 6.50. The molecule has 0 unspecified atom stereocenters. The highest BCUT2D eigenvalue weighted by Gasteiger charge is 2.13. The maximum absolute atomic E-state index is 12.6. The van der Waals surface area contributed by atoms with Gasteiger partial charge in [-0.3, -0.25) is 14.3 Å². The van der Waals surface area contributed by atoms with Crippen LogP contribution in [0.25, 0.3) is 22.2 Å². The van der Waals surface area contributed by atoms with Gasteiger partial charge in [0.25, 0.3) is 0 Å². The first-order valence-corrected chi connectivity index (χ1v) is 11.9. The molecule has 1 fully saturated rings. The van der Waals surface area contributed by atoms with E-state index in [-0.39, 0.29) is 18.9 Å². The monoisotopic (exact) mass is 455 g/mol. The van der Waals surface area contributed by atoms with Crippen LogP contribution >= 0.6 is 0 Å². The summed E-state index contributed by atoms with van der Waals surface area (Å²) in [6.07, 6.45) is 2.80. The fourth-order valence-electron chi connectivity index (χ4n) is 4.67. The summed E-state index contributed by atoms with van der Waals surface area (Å²) in [4.78, 5) is 27.2. The highest BCUT2D eigenvalue weighted by atomic mass is 16.4. The minimum absolute atomic E-state index is 0.104. The van der Waals surface area contributed by atoms with E-state index >= 15 is 0 Å². The van der Waals surface area contributed by atoms with Crippen LogP contribution in [0.5, 0.6) is 0 Å². The van der Waals surface area contributed by atoms with E-state index in [0.717, 1.165) is 23.2 Å². The number of hydrogen-bond donors (Lipinski definition) is 1. The quantitative estimate of drug-likeness (QED) is 0.423. The lowest BCUT2D eigenvalue weighted by Crippen LogP contribution is -2.26. The van der Waals surface area contributed by atoms with Crippen LogP contribution in [0.2, 0.25) is 0 Å². The van der Waals surface area contributed by atoms with E-state index in [4.69, 9.17) is 4.42 Å². The molecule has 1 N–H and O–H groups in total. The van der Waals surface area contributed by atoms with Gasteiger partial charge < -0.3 is 9.73 Å². The zero-order valence-electron chi connectivity index (χ0n) is 19.2. The van der Waals surface area contributed by atoms with Crippen LogP contribution in [-0.2, 0) is 24.4 Å². The lowest BCUT2D eigenvalue weighted by Gasteiger charge is -2.15. The molecule has 5 rings (SSSR count). The Bertz CT molecular complexity index is 1330. The number of nitrogens with one attached hydrogen (secondary N) is 1. The second-order valence-electron chi connectivity index (χ2n) is 8.85. The first-order valence-electron chi connectivity index (χ1n) is 11.9. The molecule has 2 heterocycles. The minimum Gasteiger partial charge on any atom is -0.408 e. The topological polar surface area (TPSA) is 67.5 Å². The number of nitrogens with zero attached hydrogens (tertiary/aromatic N) is 2. The summed E-state index contributed by atoms with van der Waals surface area (Å²) in [5.74, 6) is -0.541. The van der Waals surface area contributed by atoms with Crippen LogP contribution in [0.1, 0.15) is 30.4 Å². The number of fused-ring (bicyclic) bond motifs is 1. The molecule has 3 aromatic carbocycles. The molecule has 6 heteroatoms. The molecule has 1 amide bonds. The van der Waals surface area contributed by atoms with Gasteiger partial charge in [0.2, 0.25) is 5.91 Å². The Labute approximate surface area is 198 Å². The predicted molar refractivity (Wildman–Crippen MR) is 133 cm³/mol. The third-order valence-electron chi connectivity index (χ3n) is 6.50. The van der Waals surface area contributed by atoms with E-state index in [1.165, 1.54) is 36.1 Å². The number of amides is 1. The smallest absolute Gasteiger partial charge is 0.408 e. The number of oxazole rings is 1. The second-order valence-corrected chi connectivity index (χ2v) is 8.85. The molecule has 1 aromatic heterocycles. The van der Waals surface area contributed by atoms with Crippen LogP contribution in [0.3, 0.4) is 0 Å². The Morgan fingerprint density at radius 1 is 0.912 bits per heavy atom. The lowest BCUT2D eigenvalue weighted by molar-refractivity contribution is -0.121. The molecule has 34 heavy (non-hydrogen) atoms. The van der Waals surface area contributed by atoms with E-state index in [0.29, 0.717) is 17.6 Å². The van der Waals surface area contributed by atoms with Gasteiger partial charge >= 0.3 is 5.76 Å². The standard InChI is InChI=1S/C28H29N3O3/c32-27(15-18-31-25-9-3-4-10-26(25)34-28(31)33)29-19-23-7-1-2-8-24(23)22-13-11-21(12-14-22)20-30-16-5-6-17-30/h1-4,7-14H,5-6,15-20H2,(H,29,32). The average molecular weight is 456 g/mol. The third kappa shape index (κ3) is 4.97. The van der Waals surface area contributed by atoms with Crippen molar-refractivity contribution in [2.75, 3.05) is 13.1 Å². The van der Waals surface area contributed by atoms with Gasteiger partial charge in [-0.25, -0.2) is 4.79 Å². The van der Waals surface area contributed by atoms with E-state index in [1.54, 1.807) is 6.07 Å². The zero-order chi connectivity index (χ0) is 23.3. The maximum atomic E-state index is 12.6. The number of carbonyl (C=O) groups excluding carboxylic acids is 1. The Balaban J connectivity index is 1.21. The molecule has 1 saturated heterocycles. The molecule has 0 spiro atoms. The van der Waals surface area contributed by atoms with Crippen molar-refractivity contribution in [3.8, 4) is 11.1 Å². The summed E-state index contributed by atoms with van der Waals surface area (Å²) in [6, 6.07) is 24.1. The zero-order valence-corrected chi connectivity index (χ0v) is 19.2. The molecule has 1 aliphatic rings. The summed E-state index contributed by atoms with van der Waals surface area (Å²) in [5.41, 5.74) is 5.90. The van der Waals surface area contributed by atoms with Crippen molar-refractivity contribution in [1.29, 1.82) is 0 Å².